The Balaban J connectivity index is 1.77. The molecule has 0 bridgehead atoms. The van der Waals surface area contributed by atoms with Crippen molar-refractivity contribution in [1.82, 2.24) is 15.3 Å². The van der Waals surface area contributed by atoms with E-state index in [4.69, 9.17) is 0 Å². The molecule has 1 aliphatic carbocycles. The van der Waals surface area contributed by atoms with Gasteiger partial charge in [0.1, 0.15) is 5.82 Å². The molecule has 1 heterocycles. The van der Waals surface area contributed by atoms with Crippen molar-refractivity contribution in [3.63, 3.8) is 0 Å². The number of hydrogen-bond acceptors (Lipinski definition) is 3. The molecule has 1 saturated carbocycles. The van der Waals surface area contributed by atoms with E-state index in [1.54, 1.807) is 0 Å². The SMILES string of the molecule is CNC(c1ncccn1)C1CC1c1ccccc1. The normalized spacial score (nSPS) is 23.6. The average molecular weight is 239 g/mol. The summed E-state index contributed by atoms with van der Waals surface area (Å²) in [7, 11) is 1.99. The summed E-state index contributed by atoms with van der Waals surface area (Å²) in [6.45, 7) is 0. The van der Waals surface area contributed by atoms with Gasteiger partial charge in [-0.1, -0.05) is 30.3 Å². The highest BCUT2D eigenvalue weighted by Crippen LogP contribution is 2.53. The number of aromatic nitrogens is 2. The van der Waals surface area contributed by atoms with Gasteiger partial charge < -0.3 is 5.32 Å². The Hall–Kier alpha value is -1.74. The van der Waals surface area contributed by atoms with Crippen molar-refractivity contribution in [3.8, 4) is 0 Å². The van der Waals surface area contributed by atoms with Crippen LogP contribution in [0.15, 0.2) is 48.8 Å². The zero-order chi connectivity index (χ0) is 12.4. The van der Waals surface area contributed by atoms with E-state index in [9.17, 15) is 0 Å². The second-order valence-corrected chi connectivity index (χ2v) is 4.79. The van der Waals surface area contributed by atoms with Crippen molar-refractivity contribution in [2.45, 2.75) is 18.4 Å². The van der Waals surface area contributed by atoms with Crippen molar-refractivity contribution < 1.29 is 0 Å². The van der Waals surface area contributed by atoms with Crippen LogP contribution in [0.25, 0.3) is 0 Å². The zero-order valence-electron chi connectivity index (χ0n) is 10.5. The number of hydrogen-bond donors (Lipinski definition) is 1. The molecule has 2 aromatic rings. The fraction of sp³-hybridized carbons (Fsp3) is 0.333. The zero-order valence-corrected chi connectivity index (χ0v) is 10.5. The lowest BCUT2D eigenvalue weighted by Crippen LogP contribution is -2.21. The maximum atomic E-state index is 4.37. The first-order chi connectivity index (χ1) is 8.90. The van der Waals surface area contributed by atoms with E-state index in [0.717, 1.165) is 5.82 Å². The van der Waals surface area contributed by atoms with Crippen molar-refractivity contribution in [3.05, 3.63) is 60.2 Å². The Bertz CT molecular complexity index is 498. The van der Waals surface area contributed by atoms with Gasteiger partial charge in [0.05, 0.1) is 6.04 Å². The predicted octanol–water partition coefficient (Wildman–Crippen LogP) is 2.54. The summed E-state index contributed by atoms with van der Waals surface area (Å²) < 4.78 is 0. The summed E-state index contributed by atoms with van der Waals surface area (Å²) in [6, 6.07) is 12.8. The predicted molar refractivity (Wildman–Crippen MR) is 71.1 cm³/mol. The van der Waals surface area contributed by atoms with E-state index in [1.807, 2.05) is 25.5 Å². The fourth-order valence-electron chi connectivity index (χ4n) is 2.67. The molecule has 0 amide bonds. The van der Waals surface area contributed by atoms with Crippen molar-refractivity contribution >= 4 is 0 Å². The van der Waals surface area contributed by atoms with Gasteiger partial charge in [-0.3, -0.25) is 0 Å². The van der Waals surface area contributed by atoms with Crippen LogP contribution in [0.2, 0.25) is 0 Å². The third kappa shape index (κ3) is 2.14. The molecule has 3 unspecified atom stereocenters. The van der Waals surface area contributed by atoms with Crippen molar-refractivity contribution in [1.29, 1.82) is 0 Å². The van der Waals surface area contributed by atoms with Gasteiger partial charge in [0.25, 0.3) is 0 Å². The third-order valence-corrected chi connectivity index (χ3v) is 3.67. The molecular weight excluding hydrogens is 222 g/mol. The maximum absolute atomic E-state index is 4.37. The van der Waals surface area contributed by atoms with Crippen LogP contribution in [0.1, 0.15) is 29.8 Å². The minimum atomic E-state index is 0.261. The Labute approximate surface area is 107 Å². The van der Waals surface area contributed by atoms with Crippen LogP contribution in [0.5, 0.6) is 0 Å². The van der Waals surface area contributed by atoms with Gasteiger partial charge in [-0.25, -0.2) is 9.97 Å². The van der Waals surface area contributed by atoms with E-state index >= 15 is 0 Å². The van der Waals surface area contributed by atoms with Gasteiger partial charge in [0, 0.05) is 12.4 Å². The summed E-state index contributed by atoms with van der Waals surface area (Å²) in [5, 5.41) is 3.36. The van der Waals surface area contributed by atoms with Gasteiger partial charge in [0.2, 0.25) is 0 Å². The van der Waals surface area contributed by atoms with Crippen LogP contribution < -0.4 is 5.32 Å². The highest BCUT2D eigenvalue weighted by Gasteiger charge is 2.44. The summed E-state index contributed by atoms with van der Waals surface area (Å²) >= 11 is 0. The molecule has 92 valence electrons. The first-order valence-electron chi connectivity index (χ1n) is 6.39. The molecule has 18 heavy (non-hydrogen) atoms. The number of nitrogens with one attached hydrogen (secondary N) is 1. The molecule has 3 rings (SSSR count). The first-order valence-corrected chi connectivity index (χ1v) is 6.39. The summed E-state index contributed by atoms with van der Waals surface area (Å²) in [5.74, 6) is 2.16. The lowest BCUT2D eigenvalue weighted by Gasteiger charge is -2.14. The Morgan fingerprint density at radius 1 is 1.11 bits per heavy atom. The van der Waals surface area contributed by atoms with E-state index < -0.39 is 0 Å². The average Bonchev–Trinajstić information content (AvgIpc) is 3.22. The molecule has 3 atom stereocenters. The maximum Gasteiger partial charge on any atom is 0.145 e. The smallest absolute Gasteiger partial charge is 0.145 e. The quantitative estimate of drug-likeness (QED) is 0.891. The van der Waals surface area contributed by atoms with Gasteiger partial charge in [-0.2, -0.15) is 0 Å². The molecule has 0 spiro atoms. The molecule has 1 aliphatic rings. The minimum absolute atomic E-state index is 0.261. The Kier molecular flexibility index (Phi) is 3.07. The summed E-state index contributed by atoms with van der Waals surface area (Å²) in [6.07, 6.45) is 4.84. The molecular formula is C15H17N3. The minimum Gasteiger partial charge on any atom is -0.310 e. The topological polar surface area (TPSA) is 37.8 Å². The number of benzene rings is 1. The monoisotopic (exact) mass is 239 g/mol. The van der Waals surface area contributed by atoms with Crippen LogP contribution in [-0.4, -0.2) is 17.0 Å². The second kappa shape index (κ2) is 4.86. The number of nitrogens with zero attached hydrogens (tertiary/aromatic N) is 2. The lowest BCUT2D eigenvalue weighted by atomic mass is 10.0. The molecule has 1 N–H and O–H groups in total. The van der Waals surface area contributed by atoms with E-state index in [1.165, 1.54) is 12.0 Å². The molecule has 3 nitrogen and oxygen atoms in total. The van der Waals surface area contributed by atoms with Crippen LogP contribution in [-0.2, 0) is 0 Å². The first kappa shape index (κ1) is 11.4. The van der Waals surface area contributed by atoms with Gasteiger partial charge in [-0.05, 0) is 36.9 Å². The number of rotatable bonds is 4. The molecule has 0 aliphatic heterocycles. The van der Waals surface area contributed by atoms with Gasteiger partial charge >= 0.3 is 0 Å². The molecule has 0 radical (unpaired) electrons. The highest BCUT2D eigenvalue weighted by molar-refractivity contribution is 5.27. The molecule has 0 saturated heterocycles. The van der Waals surface area contributed by atoms with Crippen LogP contribution in [0.3, 0.4) is 0 Å². The van der Waals surface area contributed by atoms with Gasteiger partial charge in [-0.15, -0.1) is 0 Å². The summed E-state index contributed by atoms with van der Waals surface area (Å²) in [5.41, 5.74) is 1.43. The molecule has 1 aromatic carbocycles. The van der Waals surface area contributed by atoms with Gasteiger partial charge in [0.15, 0.2) is 0 Å². The second-order valence-electron chi connectivity index (χ2n) is 4.79. The van der Waals surface area contributed by atoms with Crippen LogP contribution >= 0.6 is 0 Å². The lowest BCUT2D eigenvalue weighted by molar-refractivity contribution is 0.490. The fourth-order valence-corrected chi connectivity index (χ4v) is 2.67. The highest BCUT2D eigenvalue weighted by atomic mass is 15.0. The van der Waals surface area contributed by atoms with Crippen LogP contribution in [0.4, 0.5) is 0 Å². The largest absolute Gasteiger partial charge is 0.310 e. The summed E-state index contributed by atoms with van der Waals surface area (Å²) in [4.78, 5) is 8.73. The van der Waals surface area contributed by atoms with E-state index in [-0.39, 0.29) is 6.04 Å². The molecule has 1 aromatic heterocycles. The van der Waals surface area contributed by atoms with E-state index in [0.29, 0.717) is 11.8 Å². The van der Waals surface area contributed by atoms with Crippen molar-refractivity contribution in [2.24, 2.45) is 5.92 Å². The molecule has 3 heteroatoms. The third-order valence-electron chi connectivity index (χ3n) is 3.67. The van der Waals surface area contributed by atoms with Crippen molar-refractivity contribution in [2.75, 3.05) is 7.05 Å². The Morgan fingerprint density at radius 2 is 1.83 bits per heavy atom. The van der Waals surface area contributed by atoms with Crippen LogP contribution in [0, 0.1) is 5.92 Å². The standard InChI is InChI=1S/C15H17N3/c1-16-14(15-17-8-5-9-18-15)13-10-12(13)11-6-3-2-4-7-11/h2-9,12-14,16H,10H2,1H3. The van der Waals surface area contributed by atoms with E-state index in [2.05, 4.69) is 45.6 Å². The Morgan fingerprint density at radius 3 is 2.50 bits per heavy atom. The molecule has 1 fully saturated rings.